The zero-order chi connectivity index (χ0) is 20.8. The molecule has 0 radical (unpaired) electrons. The molecule has 0 saturated carbocycles. The Balaban J connectivity index is 1.69. The van der Waals surface area contributed by atoms with Gasteiger partial charge in [-0.3, -0.25) is 0 Å². The maximum absolute atomic E-state index is 2.64. The minimum absolute atomic E-state index is 0.600. The third kappa shape index (κ3) is 3.20. The summed E-state index contributed by atoms with van der Waals surface area (Å²) < 4.78 is 2.58. The van der Waals surface area contributed by atoms with E-state index in [-0.39, 0.29) is 0 Å². The summed E-state index contributed by atoms with van der Waals surface area (Å²) in [6, 6.07) is 29.6. The van der Waals surface area contributed by atoms with Gasteiger partial charge in [0.25, 0.3) is 0 Å². The molecule has 30 heavy (non-hydrogen) atoms. The van der Waals surface area contributed by atoms with Crippen molar-refractivity contribution in [2.75, 3.05) is 0 Å². The van der Waals surface area contributed by atoms with Crippen LogP contribution >= 0.6 is 0 Å². The predicted octanol–water partition coefficient (Wildman–Crippen LogP) is 7.43. The van der Waals surface area contributed by atoms with Crippen LogP contribution in [-0.2, 0) is 20.6 Å². The van der Waals surface area contributed by atoms with Crippen molar-refractivity contribution in [1.29, 1.82) is 0 Å². The zero-order valence-corrected chi connectivity index (χ0v) is 23.1. The molecule has 3 aromatic carbocycles. The fourth-order valence-corrected chi connectivity index (χ4v) is 37.3. The quantitative estimate of drug-likeness (QED) is 0.286. The van der Waals surface area contributed by atoms with Crippen molar-refractivity contribution < 1.29 is 20.6 Å². The molecule has 149 valence electrons. The Hall–Kier alpha value is -1.77. The second-order valence-electron chi connectivity index (χ2n) is 8.99. The molecule has 2 unspecified atom stereocenters. The molecule has 2 aliphatic carbocycles. The molecular formula is C28H29HfSi. The van der Waals surface area contributed by atoms with Crippen LogP contribution in [0.15, 0.2) is 82.2 Å². The van der Waals surface area contributed by atoms with Crippen LogP contribution in [0.2, 0.25) is 13.1 Å². The van der Waals surface area contributed by atoms with Gasteiger partial charge in [-0.2, -0.15) is 0 Å². The number of hydrogen-bond donors (Lipinski definition) is 0. The second kappa shape index (κ2) is 8.05. The summed E-state index contributed by atoms with van der Waals surface area (Å²) in [6.07, 6.45) is 2.51. The van der Waals surface area contributed by atoms with Gasteiger partial charge in [0.15, 0.2) is 0 Å². The first-order chi connectivity index (χ1) is 14.6. The standard InChI is InChI=1S/C15H11.C11H11.C2H7Si.Hf/c1-2-6-12(7-3-1)15-10-13-8-4-5-9-14(13)11-15;1-8-7-9(2)11-6-4-3-5-10(8)11;1-3-2;/h1-11H;3-6,8H,1-2H3;3H,1-2H3;. The summed E-state index contributed by atoms with van der Waals surface area (Å²) in [4.78, 5) is 0. The van der Waals surface area contributed by atoms with E-state index in [1.165, 1.54) is 16.7 Å². The van der Waals surface area contributed by atoms with Crippen molar-refractivity contribution in [3.05, 3.63) is 110 Å². The fourth-order valence-electron chi connectivity index (χ4n) is 5.65. The molecule has 0 fully saturated rings. The Morgan fingerprint density at radius 1 is 0.767 bits per heavy atom. The average molecular weight is 572 g/mol. The summed E-state index contributed by atoms with van der Waals surface area (Å²) in [5.74, 6) is -0.206. The van der Waals surface area contributed by atoms with Gasteiger partial charge in [-0.1, -0.05) is 0 Å². The third-order valence-electron chi connectivity index (χ3n) is 6.95. The predicted molar refractivity (Wildman–Crippen MR) is 130 cm³/mol. The number of allylic oxidation sites excluding steroid dienone is 3. The molecule has 0 N–H and O–H groups in total. The molecule has 2 atom stereocenters. The maximum atomic E-state index is 2.64. The summed E-state index contributed by atoms with van der Waals surface area (Å²) in [6.45, 7) is 10.2. The van der Waals surface area contributed by atoms with Gasteiger partial charge in [0, 0.05) is 0 Å². The number of benzene rings is 3. The molecule has 0 spiro atoms. The topological polar surface area (TPSA) is 0 Å². The molecular weight excluding hydrogens is 543 g/mol. The van der Waals surface area contributed by atoms with E-state index in [1.54, 1.807) is 22.3 Å². The molecule has 0 saturated heterocycles. The zero-order valence-electron chi connectivity index (χ0n) is 18.3. The van der Waals surface area contributed by atoms with Gasteiger partial charge in [0.1, 0.15) is 0 Å². The Morgan fingerprint density at radius 3 is 2.10 bits per heavy atom. The Kier molecular flexibility index (Phi) is 5.41. The first kappa shape index (κ1) is 20.1. The minimum atomic E-state index is -2.21. The molecule has 2 heteroatoms. The van der Waals surface area contributed by atoms with Crippen molar-refractivity contribution in [3.63, 3.8) is 0 Å². The van der Waals surface area contributed by atoms with Crippen LogP contribution in [0.25, 0.3) is 17.2 Å². The van der Waals surface area contributed by atoms with Gasteiger partial charge in [-0.15, -0.1) is 0 Å². The molecule has 3 aromatic rings. The summed E-state index contributed by atoms with van der Waals surface area (Å²) >= 11 is -2.21. The summed E-state index contributed by atoms with van der Waals surface area (Å²) in [5, 5.41) is 0. The van der Waals surface area contributed by atoms with E-state index >= 15 is 0 Å². The molecule has 0 heterocycles. The van der Waals surface area contributed by atoms with E-state index in [4.69, 9.17) is 0 Å². The van der Waals surface area contributed by atoms with Gasteiger partial charge >= 0.3 is 190 Å². The van der Waals surface area contributed by atoms with E-state index in [0.717, 1.165) is 0 Å². The van der Waals surface area contributed by atoms with Crippen molar-refractivity contribution >= 4 is 23.2 Å². The van der Waals surface area contributed by atoms with Crippen LogP contribution < -0.4 is 0 Å². The number of hydrogen-bond acceptors (Lipinski definition) is 0. The van der Waals surface area contributed by atoms with Gasteiger partial charge in [-0.05, 0) is 0 Å². The van der Waals surface area contributed by atoms with Crippen molar-refractivity contribution in [1.82, 2.24) is 0 Å². The van der Waals surface area contributed by atoms with Crippen molar-refractivity contribution in [3.8, 4) is 0 Å². The molecule has 5 rings (SSSR count). The third-order valence-corrected chi connectivity index (χ3v) is 36.5. The van der Waals surface area contributed by atoms with Crippen LogP contribution in [0.4, 0.5) is 0 Å². The fraction of sp³-hybridized carbons (Fsp3) is 0.214. The number of fused-ring (bicyclic) bond motifs is 2. The Morgan fingerprint density at radius 2 is 1.40 bits per heavy atom. The first-order valence-corrected chi connectivity index (χ1v) is 24.1. The van der Waals surface area contributed by atoms with Gasteiger partial charge in [0.05, 0.1) is 0 Å². The molecule has 0 aliphatic heterocycles. The van der Waals surface area contributed by atoms with E-state index in [9.17, 15) is 0 Å². The van der Waals surface area contributed by atoms with Crippen molar-refractivity contribution in [2.24, 2.45) is 0 Å². The van der Waals surface area contributed by atoms with E-state index in [0.29, 0.717) is 9.59 Å². The monoisotopic (exact) mass is 573 g/mol. The van der Waals surface area contributed by atoms with Crippen LogP contribution in [0.5, 0.6) is 0 Å². The van der Waals surface area contributed by atoms with Crippen LogP contribution in [-0.4, -0.2) is 5.98 Å². The molecule has 0 amide bonds. The molecule has 0 nitrogen and oxygen atoms in total. The first-order valence-electron chi connectivity index (χ1n) is 11.1. The van der Waals surface area contributed by atoms with Crippen LogP contribution in [0.1, 0.15) is 51.3 Å². The summed E-state index contributed by atoms with van der Waals surface area (Å²) in [7, 11) is 0. The van der Waals surface area contributed by atoms with E-state index < -0.39 is 26.6 Å². The average Bonchev–Trinajstić information content (AvgIpc) is 3.26. The van der Waals surface area contributed by atoms with Gasteiger partial charge < -0.3 is 0 Å². The summed E-state index contributed by atoms with van der Waals surface area (Å²) in [5.41, 5.74) is 10.8. The van der Waals surface area contributed by atoms with Crippen LogP contribution in [0.3, 0.4) is 0 Å². The van der Waals surface area contributed by atoms with Gasteiger partial charge in [-0.25, -0.2) is 0 Å². The number of rotatable bonds is 4. The molecule has 2 aliphatic rings. The molecule has 0 aromatic heterocycles. The van der Waals surface area contributed by atoms with Gasteiger partial charge in [0.2, 0.25) is 0 Å². The Bertz CT molecular complexity index is 1160. The SMILES string of the molecule is CC1=[C]([Hf]([CH]2C(c3ccccc3)=Cc3ccccc32)[SiH](C)C)C(C)c2ccccc21. The normalized spacial score (nSPS) is 19.7. The van der Waals surface area contributed by atoms with E-state index in [1.807, 2.05) is 3.33 Å². The molecule has 0 bridgehead atoms. The Labute approximate surface area is 189 Å². The second-order valence-corrected chi connectivity index (χ2v) is 36.1. The van der Waals surface area contributed by atoms with E-state index in [2.05, 4.69) is 112 Å². The van der Waals surface area contributed by atoms with Crippen LogP contribution in [0, 0.1) is 0 Å². The van der Waals surface area contributed by atoms with Crippen molar-refractivity contribution in [2.45, 2.75) is 36.5 Å².